The number of hydrogen-bond acceptors (Lipinski definition) is 7. The number of furan rings is 1. The van der Waals surface area contributed by atoms with Gasteiger partial charge in [-0.25, -0.2) is 18.1 Å². The molecule has 3 aromatic rings. The number of nitrogens with one attached hydrogen (secondary N) is 1. The average molecular weight is 374 g/mol. The molecule has 9 heteroatoms. The Kier molecular flexibility index (Phi) is 4.33. The van der Waals surface area contributed by atoms with E-state index in [1.165, 1.54) is 18.2 Å². The number of aryl methyl sites for hydroxylation is 1. The number of benzene rings is 1. The van der Waals surface area contributed by atoms with Crippen LogP contribution in [0.4, 0.5) is 11.5 Å². The number of aromatic nitrogens is 1. The number of anilines is 2. The molecule has 0 saturated heterocycles. The van der Waals surface area contributed by atoms with Crippen molar-refractivity contribution in [3.05, 3.63) is 47.9 Å². The predicted octanol–water partition coefficient (Wildman–Crippen LogP) is 1.90. The molecule has 0 spiro atoms. The first kappa shape index (κ1) is 17.7. The maximum atomic E-state index is 12.4. The number of sulfonamides is 1. The molecule has 2 heterocycles. The highest BCUT2D eigenvalue weighted by Gasteiger charge is 2.24. The number of carbonyl (C=O) groups is 1. The van der Waals surface area contributed by atoms with Crippen LogP contribution in [0.25, 0.3) is 11.0 Å². The fraction of sp³-hybridized carbons (Fsp3) is 0.176. The number of hydrogen-bond donors (Lipinski definition) is 2. The number of fused-ring (bicyclic) bond motifs is 1. The summed E-state index contributed by atoms with van der Waals surface area (Å²) in [4.78, 5) is 17.9. The van der Waals surface area contributed by atoms with Crippen molar-refractivity contribution in [1.82, 2.24) is 9.71 Å². The molecule has 0 saturated carbocycles. The van der Waals surface area contributed by atoms with Gasteiger partial charge in [0.25, 0.3) is 10.0 Å². The summed E-state index contributed by atoms with van der Waals surface area (Å²) in [7, 11) is -0.411. The molecule has 0 atom stereocenters. The largest absolute Gasteiger partial charge is 0.451 e. The minimum atomic E-state index is -4.17. The number of pyridine rings is 1. The first-order valence-electron chi connectivity index (χ1n) is 7.68. The number of nitrogens with two attached hydrogens (primary N) is 1. The Morgan fingerprint density at radius 2 is 1.92 bits per heavy atom. The minimum Gasteiger partial charge on any atom is -0.451 e. The highest BCUT2D eigenvalue weighted by molar-refractivity contribution is 7.90. The zero-order chi connectivity index (χ0) is 19.1. The second-order valence-corrected chi connectivity index (χ2v) is 7.65. The lowest BCUT2D eigenvalue weighted by atomic mass is 10.2. The number of amides is 1. The van der Waals surface area contributed by atoms with Gasteiger partial charge in [-0.15, -0.1) is 0 Å². The van der Waals surface area contributed by atoms with Gasteiger partial charge in [0.15, 0.2) is 5.76 Å². The molecule has 0 aliphatic heterocycles. The van der Waals surface area contributed by atoms with Crippen molar-refractivity contribution in [3.63, 3.8) is 0 Å². The summed E-state index contributed by atoms with van der Waals surface area (Å²) in [5.74, 6) is -1.17. The van der Waals surface area contributed by atoms with E-state index in [1.807, 2.05) is 29.8 Å². The molecule has 1 amide bonds. The van der Waals surface area contributed by atoms with E-state index in [0.717, 1.165) is 5.69 Å². The number of nitrogens with zero attached hydrogens (tertiary/aromatic N) is 2. The van der Waals surface area contributed by atoms with Crippen molar-refractivity contribution in [2.45, 2.75) is 11.8 Å². The second kappa shape index (κ2) is 6.34. The van der Waals surface area contributed by atoms with Crippen LogP contribution in [-0.2, 0) is 10.0 Å². The molecule has 0 bridgehead atoms. The van der Waals surface area contributed by atoms with Crippen LogP contribution in [0.1, 0.15) is 16.2 Å². The molecule has 3 N–H and O–H groups in total. The summed E-state index contributed by atoms with van der Waals surface area (Å²) in [5, 5.41) is 0.690. The van der Waals surface area contributed by atoms with Crippen LogP contribution in [0.2, 0.25) is 0 Å². The topological polar surface area (TPSA) is 119 Å². The summed E-state index contributed by atoms with van der Waals surface area (Å²) in [6.45, 7) is 1.68. The molecule has 0 fully saturated rings. The highest BCUT2D eigenvalue weighted by Crippen LogP contribution is 2.25. The first-order valence-corrected chi connectivity index (χ1v) is 9.17. The smallest absolute Gasteiger partial charge is 0.300 e. The zero-order valence-electron chi connectivity index (χ0n) is 14.5. The highest BCUT2D eigenvalue weighted by atomic mass is 32.2. The van der Waals surface area contributed by atoms with Gasteiger partial charge in [0.1, 0.15) is 16.3 Å². The molecule has 0 aliphatic rings. The fourth-order valence-electron chi connectivity index (χ4n) is 2.43. The monoisotopic (exact) mass is 374 g/mol. The van der Waals surface area contributed by atoms with Gasteiger partial charge in [-0.1, -0.05) is 0 Å². The molecule has 3 rings (SSSR count). The van der Waals surface area contributed by atoms with E-state index < -0.39 is 15.9 Å². The van der Waals surface area contributed by atoms with Crippen LogP contribution < -0.4 is 15.4 Å². The van der Waals surface area contributed by atoms with Crippen LogP contribution in [0.3, 0.4) is 0 Å². The maximum Gasteiger partial charge on any atom is 0.300 e. The lowest BCUT2D eigenvalue weighted by Gasteiger charge is -2.11. The lowest BCUT2D eigenvalue weighted by Crippen LogP contribution is -2.31. The first-order chi connectivity index (χ1) is 12.2. The Morgan fingerprint density at radius 3 is 2.58 bits per heavy atom. The summed E-state index contributed by atoms with van der Waals surface area (Å²) in [6, 6.07) is 9.71. The lowest BCUT2D eigenvalue weighted by molar-refractivity contribution is 0.0956. The summed E-state index contributed by atoms with van der Waals surface area (Å²) in [5.41, 5.74) is 7.60. The molecule has 0 aliphatic carbocycles. The third-order valence-electron chi connectivity index (χ3n) is 3.79. The van der Waals surface area contributed by atoms with Crippen LogP contribution >= 0.6 is 0 Å². The molecule has 8 nitrogen and oxygen atoms in total. The summed E-state index contributed by atoms with van der Waals surface area (Å²) in [6.07, 6.45) is 0. The zero-order valence-corrected chi connectivity index (χ0v) is 15.3. The number of carbonyl (C=O) groups excluding carboxylic acids is 1. The molecule has 0 radical (unpaired) electrons. The van der Waals surface area contributed by atoms with E-state index in [2.05, 4.69) is 4.98 Å². The van der Waals surface area contributed by atoms with Crippen molar-refractivity contribution in [2.24, 2.45) is 0 Å². The van der Waals surface area contributed by atoms with Crippen LogP contribution in [-0.4, -0.2) is 33.4 Å². The Labute approximate surface area is 150 Å². The van der Waals surface area contributed by atoms with Gasteiger partial charge < -0.3 is 15.1 Å². The molecule has 0 unspecified atom stereocenters. The Morgan fingerprint density at radius 1 is 1.19 bits per heavy atom. The average Bonchev–Trinajstić information content (AvgIpc) is 2.97. The summed E-state index contributed by atoms with van der Waals surface area (Å²) < 4.78 is 32.3. The van der Waals surface area contributed by atoms with E-state index >= 15 is 0 Å². The van der Waals surface area contributed by atoms with Gasteiger partial charge in [-0.05, 0) is 37.3 Å². The summed E-state index contributed by atoms with van der Waals surface area (Å²) >= 11 is 0. The van der Waals surface area contributed by atoms with Gasteiger partial charge >= 0.3 is 5.91 Å². The molecule has 2 aromatic heterocycles. The maximum absolute atomic E-state index is 12.4. The Bertz CT molecular complexity index is 1100. The van der Waals surface area contributed by atoms with Crippen molar-refractivity contribution >= 4 is 38.4 Å². The quantitative estimate of drug-likeness (QED) is 0.716. The van der Waals surface area contributed by atoms with Crippen molar-refractivity contribution in [1.29, 1.82) is 0 Å². The van der Waals surface area contributed by atoms with Gasteiger partial charge in [0.05, 0.1) is 0 Å². The minimum absolute atomic E-state index is 0.113. The van der Waals surface area contributed by atoms with Crippen molar-refractivity contribution in [2.75, 3.05) is 24.7 Å². The predicted molar refractivity (Wildman–Crippen MR) is 98.6 cm³/mol. The van der Waals surface area contributed by atoms with Gasteiger partial charge in [-0.2, -0.15) is 0 Å². The normalized spacial score (nSPS) is 11.5. The van der Waals surface area contributed by atoms with E-state index in [-0.39, 0.29) is 16.5 Å². The third-order valence-corrected chi connectivity index (χ3v) is 5.16. The van der Waals surface area contributed by atoms with E-state index in [0.29, 0.717) is 16.7 Å². The van der Waals surface area contributed by atoms with E-state index in [4.69, 9.17) is 10.2 Å². The number of nitrogen functional groups attached to an aromatic ring is 1. The SMILES string of the molecule is Cc1ccc(S(=O)(=O)NC(=O)c2cc3ccc(N(C)C)cc3o2)c(N)n1. The Balaban J connectivity index is 1.90. The van der Waals surface area contributed by atoms with Gasteiger partial charge in [-0.3, -0.25) is 4.79 Å². The van der Waals surface area contributed by atoms with Crippen molar-refractivity contribution < 1.29 is 17.6 Å². The molecule has 1 aromatic carbocycles. The van der Waals surface area contributed by atoms with Crippen LogP contribution in [0, 0.1) is 6.92 Å². The molecule has 136 valence electrons. The molecule has 26 heavy (non-hydrogen) atoms. The van der Waals surface area contributed by atoms with Crippen LogP contribution in [0.15, 0.2) is 45.7 Å². The Hall–Kier alpha value is -3.07. The van der Waals surface area contributed by atoms with Crippen molar-refractivity contribution in [3.8, 4) is 0 Å². The molecular formula is C17H18N4O4S. The third kappa shape index (κ3) is 3.33. The standard InChI is InChI=1S/C17H18N4O4S/c1-10-4-7-15(16(18)19-10)26(23,24)20-17(22)14-8-11-5-6-12(21(2)3)9-13(11)25-14/h4-9H,1-3H3,(H2,18,19)(H,20,22). The second-order valence-electron chi connectivity index (χ2n) is 6.00. The van der Waals surface area contributed by atoms with Gasteiger partial charge in [0.2, 0.25) is 0 Å². The van der Waals surface area contributed by atoms with Gasteiger partial charge in [0, 0.05) is 36.9 Å². The number of rotatable bonds is 4. The fourth-order valence-corrected chi connectivity index (χ4v) is 3.45. The van der Waals surface area contributed by atoms with E-state index in [1.54, 1.807) is 19.1 Å². The molecular weight excluding hydrogens is 356 g/mol. The van der Waals surface area contributed by atoms with Crippen LogP contribution in [0.5, 0.6) is 0 Å². The van der Waals surface area contributed by atoms with E-state index in [9.17, 15) is 13.2 Å².